The lowest BCUT2D eigenvalue weighted by molar-refractivity contribution is -0.132. The van der Waals surface area contributed by atoms with Crippen LogP contribution in [0.25, 0.3) is 0 Å². The van der Waals surface area contributed by atoms with E-state index in [1.807, 2.05) is 24.3 Å². The van der Waals surface area contributed by atoms with Crippen LogP contribution in [-0.2, 0) is 9.59 Å². The van der Waals surface area contributed by atoms with Gasteiger partial charge in [-0.2, -0.15) is 0 Å². The van der Waals surface area contributed by atoms with Crippen molar-refractivity contribution in [3.8, 4) is 0 Å². The van der Waals surface area contributed by atoms with Gasteiger partial charge >= 0.3 is 0 Å². The number of benzene rings is 1. The minimum atomic E-state index is -0.285. The molecule has 2 N–H and O–H groups in total. The molecule has 0 aromatic heterocycles. The molecule has 0 radical (unpaired) electrons. The Hall–Kier alpha value is -2.04. The Bertz CT molecular complexity index is 654. The number of anilines is 1. The molecular weight excluding hydrogens is 326 g/mol. The largest absolute Gasteiger partial charge is 0.369 e. The number of hydrogen-bond acceptors (Lipinski definition) is 3. The molecule has 26 heavy (non-hydrogen) atoms. The lowest BCUT2D eigenvalue weighted by Crippen LogP contribution is -2.50. The highest BCUT2D eigenvalue weighted by atomic mass is 16.2. The van der Waals surface area contributed by atoms with Crippen LogP contribution in [0.5, 0.6) is 0 Å². The molecule has 1 aliphatic carbocycles. The van der Waals surface area contributed by atoms with E-state index in [1.54, 1.807) is 0 Å². The fourth-order valence-electron chi connectivity index (χ4n) is 4.65. The SMILES string of the molecule is CCN(C(=O)CN1c2ccccc2[C@H](C(N)=O)C[C@H]1C)C1CCCCC1. The van der Waals surface area contributed by atoms with Crippen molar-refractivity contribution < 1.29 is 9.59 Å². The summed E-state index contributed by atoms with van der Waals surface area (Å²) in [6.45, 7) is 5.28. The zero-order valence-corrected chi connectivity index (χ0v) is 16.0. The van der Waals surface area contributed by atoms with Crippen molar-refractivity contribution in [2.45, 2.75) is 70.4 Å². The van der Waals surface area contributed by atoms with Gasteiger partial charge in [0.15, 0.2) is 0 Å². The average Bonchev–Trinajstić information content (AvgIpc) is 2.65. The van der Waals surface area contributed by atoms with Gasteiger partial charge < -0.3 is 15.5 Å². The standard InChI is InChI=1S/C21H31N3O2/c1-3-23(16-9-5-4-6-10-16)20(25)14-24-15(2)13-18(21(22)26)17-11-7-8-12-19(17)24/h7-8,11-12,15-16,18H,3-6,9-10,13-14H2,1-2H3,(H2,22,26)/t15-,18-/m1/s1. The summed E-state index contributed by atoms with van der Waals surface area (Å²) in [7, 11) is 0. The van der Waals surface area contributed by atoms with Gasteiger partial charge in [-0.3, -0.25) is 9.59 Å². The highest BCUT2D eigenvalue weighted by Gasteiger charge is 2.35. The number of primary amides is 1. The number of likely N-dealkylation sites (N-methyl/N-ethyl adjacent to an activating group) is 1. The van der Waals surface area contributed by atoms with E-state index in [0.29, 0.717) is 19.0 Å². The normalized spacial score (nSPS) is 23.4. The van der Waals surface area contributed by atoms with Crippen LogP contribution in [0.1, 0.15) is 63.9 Å². The maximum absolute atomic E-state index is 13.1. The van der Waals surface area contributed by atoms with E-state index in [4.69, 9.17) is 5.73 Å². The minimum Gasteiger partial charge on any atom is -0.369 e. The van der Waals surface area contributed by atoms with E-state index in [2.05, 4.69) is 23.6 Å². The molecule has 2 amide bonds. The van der Waals surface area contributed by atoms with E-state index in [9.17, 15) is 9.59 Å². The van der Waals surface area contributed by atoms with Crippen LogP contribution in [-0.4, -0.2) is 41.9 Å². The molecule has 1 aromatic carbocycles. The summed E-state index contributed by atoms with van der Waals surface area (Å²) in [5, 5.41) is 0. The molecule has 2 atom stereocenters. The van der Waals surface area contributed by atoms with Crippen LogP contribution in [0, 0.1) is 0 Å². The number of carbonyl (C=O) groups excluding carboxylic acids is 2. The summed E-state index contributed by atoms with van der Waals surface area (Å²) in [5.74, 6) is -0.362. The summed E-state index contributed by atoms with van der Waals surface area (Å²) < 4.78 is 0. The highest BCUT2D eigenvalue weighted by Crippen LogP contribution is 2.38. The Morgan fingerprint density at radius 1 is 1.19 bits per heavy atom. The Balaban J connectivity index is 1.80. The van der Waals surface area contributed by atoms with Crippen LogP contribution in [0.4, 0.5) is 5.69 Å². The third kappa shape index (κ3) is 3.71. The fraction of sp³-hybridized carbons (Fsp3) is 0.619. The number of fused-ring (bicyclic) bond motifs is 1. The summed E-state index contributed by atoms with van der Waals surface area (Å²) in [6, 6.07) is 8.36. The number of nitrogens with zero attached hydrogens (tertiary/aromatic N) is 2. The number of para-hydroxylation sites is 1. The number of hydrogen-bond donors (Lipinski definition) is 1. The molecule has 0 bridgehead atoms. The predicted molar refractivity (Wildman–Crippen MR) is 104 cm³/mol. The summed E-state index contributed by atoms with van der Waals surface area (Å²) in [6.07, 6.45) is 6.63. The first kappa shape index (κ1) is 18.7. The second-order valence-electron chi connectivity index (χ2n) is 7.70. The van der Waals surface area contributed by atoms with Gasteiger partial charge in [0.2, 0.25) is 11.8 Å². The predicted octanol–water partition coefficient (Wildman–Crippen LogP) is 3.04. The molecule has 142 valence electrons. The van der Waals surface area contributed by atoms with Gasteiger partial charge in [-0.1, -0.05) is 37.5 Å². The van der Waals surface area contributed by atoms with Crippen molar-refractivity contribution in [3.05, 3.63) is 29.8 Å². The molecule has 0 unspecified atom stereocenters. The number of carbonyl (C=O) groups is 2. The maximum Gasteiger partial charge on any atom is 0.242 e. The number of rotatable bonds is 5. The third-order valence-corrected chi connectivity index (χ3v) is 6.06. The fourth-order valence-corrected chi connectivity index (χ4v) is 4.65. The molecule has 1 saturated carbocycles. The molecule has 1 fully saturated rings. The molecule has 1 aliphatic heterocycles. The first-order valence-electron chi connectivity index (χ1n) is 9.97. The Morgan fingerprint density at radius 3 is 2.54 bits per heavy atom. The van der Waals surface area contributed by atoms with Crippen LogP contribution >= 0.6 is 0 Å². The second kappa shape index (κ2) is 8.11. The number of nitrogens with two attached hydrogens (primary N) is 1. The smallest absolute Gasteiger partial charge is 0.242 e. The zero-order valence-electron chi connectivity index (χ0n) is 16.0. The molecule has 1 aromatic rings. The van der Waals surface area contributed by atoms with E-state index < -0.39 is 0 Å². The van der Waals surface area contributed by atoms with Gasteiger partial charge in [0.1, 0.15) is 0 Å². The average molecular weight is 357 g/mol. The molecule has 5 nitrogen and oxygen atoms in total. The van der Waals surface area contributed by atoms with Gasteiger partial charge in [-0.15, -0.1) is 0 Å². The first-order chi connectivity index (χ1) is 12.5. The van der Waals surface area contributed by atoms with E-state index in [1.165, 1.54) is 19.3 Å². The van der Waals surface area contributed by atoms with E-state index in [0.717, 1.165) is 30.6 Å². The van der Waals surface area contributed by atoms with Crippen molar-refractivity contribution >= 4 is 17.5 Å². The van der Waals surface area contributed by atoms with Crippen LogP contribution in [0.2, 0.25) is 0 Å². The first-order valence-corrected chi connectivity index (χ1v) is 9.97. The molecular formula is C21H31N3O2. The Kier molecular flexibility index (Phi) is 5.84. The van der Waals surface area contributed by atoms with Gasteiger partial charge in [-0.25, -0.2) is 0 Å². The lowest BCUT2D eigenvalue weighted by Gasteiger charge is -2.41. The molecule has 3 rings (SSSR count). The van der Waals surface area contributed by atoms with Crippen molar-refractivity contribution in [1.82, 2.24) is 4.90 Å². The minimum absolute atomic E-state index is 0.108. The quantitative estimate of drug-likeness (QED) is 0.881. The van der Waals surface area contributed by atoms with Crippen molar-refractivity contribution in [3.63, 3.8) is 0 Å². The maximum atomic E-state index is 13.1. The van der Waals surface area contributed by atoms with Gasteiger partial charge in [0.25, 0.3) is 0 Å². The van der Waals surface area contributed by atoms with E-state index >= 15 is 0 Å². The summed E-state index contributed by atoms with van der Waals surface area (Å²) in [5.41, 5.74) is 7.55. The topological polar surface area (TPSA) is 66.6 Å². The van der Waals surface area contributed by atoms with Gasteiger partial charge in [0, 0.05) is 24.3 Å². The third-order valence-electron chi connectivity index (χ3n) is 6.06. The van der Waals surface area contributed by atoms with Crippen LogP contribution in [0.3, 0.4) is 0 Å². The van der Waals surface area contributed by atoms with Crippen LogP contribution in [0.15, 0.2) is 24.3 Å². The van der Waals surface area contributed by atoms with Crippen molar-refractivity contribution in [2.24, 2.45) is 5.73 Å². The monoisotopic (exact) mass is 357 g/mol. The van der Waals surface area contributed by atoms with Gasteiger partial charge in [-0.05, 0) is 44.7 Å². The molecule has 1 heterocycles. The Labute approximate surface area is 156 Å². The summed E-state index contributed by atoms with van der Waals surface area (Å²) in [4.78, 5) is 29.2. The molecule has 2 aliphatic rings. The van der Waals surface area contributed by atoms with Gasteiger partial charge in [0.05, 0.1) is 12.5 Å². The molecule has 0 spiro atoms. The molecule has 5 heteroatoms. The van der Waals surface area contributed by atoms with Crippen LogP contribution < -0.4 is 10.6 Å². The van der Waals surface area contributed by atoms with Crippen molar-refractivity contribution in [1.29, 1.82) is 0 Å². The Morgan fingerprint density at radius 2 is 1.88 bits per heavy atom. The van der Waals surface area contributed by atoms with Crippen molar-refractivity contribution in [2.75, 3.05) is 18.0 Å². The lowest BCUT2D eigenvalue weighted by atomic mass is 9.85. The van der Waals surface area contributed by atoms with E-state index in [-0.39, 0.29) is 23.8 Å². The highest BCUT2D eigenvalue weighted by molar-refractivity contribution is 5.87. The molecule has 0 saturated heterocycles. The number of amides is 2. The zero-order chi connectivity index (χ0) is 18.7. The second-order valence-corrected chi connectivity index (χ2v) is 7.70. The summed E-state index contributed by atoms with van der Waals surface area (Å²) >= 11 is 0.